The molecule has 0 aliphatic heterocycles. The summed E-state index contributed by atoms with van der Waals surface area (Å²) in [5.41, 5.74) is 2.43. The van der Waals surface area contributed by atoms with Gasteiger partial charge in [0.1, 0.15) is 5.75 Å². The summed E-state index contributed by atoms with van der Waals surface area (Å²) < 4.78 is 6.99. The Morgan fingerprint density at radius 2 is 2.05 bits per heavy atom. The van der Waals surface area contributed by atoms with E-state index >= 15 is 0 Å². The quantitative estimate of drug-likeness (QED) is 0.609. The molecule has 0 aliphatic rings. The van der Waals surface area contributed by atoms with Gasteiger partial charge in [0.2, 0.25) is 0 Å². The number of aryl methyl sites for hydroxylation is 1. The second-order valence-corrected chi connectivity index (χ2v) is 6.66. The third-order valence-electron chi connectivity index (χ3n) is 2.69. The van der Waals surface area contributed by atoms with Crippen molar-refractivity contribution in [1.29, 1.82) is 0 Å². The van der Waals surface area contributed by atoms with Crippen molar-refractivity contribution in [1.82, 2.24) is 5.32 Å². The molecule has 1 aromatic rings. The van der Waals surface area contributed by atoms with Crippen molar-refractivity contribution in [3.8, 4) is 5.75 Å². The Morgan fingerprint density at radius 1 is 1.37 bits per heavy atom. The van der Waals surface area contributed by atoms with Crippen LogP contribution in [0.3, 0.4) is 0 Å². The molecule has 1 rings (SSSR count). The molecule has 0 aromatic heterocycles. The minimum Gasteiger partial charge on any atom is -0.493 e. The summed E-state index contributed by atoms with van der Waals surface area (Å²) in [5, 5.41) is 3.50. The van der Waals surface area contributed by atoms with E-state index in [2.05, 4.69) is 67.7 Å². The largest absolute Gasteiger partial charge is 0.493 e. The molecule has 0 fully saturated rings. The van der Waals surface area contributed by atoms with Crippen LogP contribution in [0.5, 0.6) is 5.75 Å². The van der Waals surface area contributed by atoms with Gasteiger partial charge in [-0.15, -0.1) is 6.58 Å². The van der Waals surface area contributed by atoms with E-state index < -0.39 is 0 Å². The van der Waals surface area contributed by atoms with E-state index in [4.69, 9.17) is 4.74 Å². The van der Waals surface area contributed by atoms with Crippen molar-refractivity contribution in [2.45, 2.75) is 46.2 Å². The Labute approximate surface area is 125 Å². The monoisotopic (exact) mass is 325 g/mol. The summed E-state index contributed by atoms with van der Waals surface area (Å²) in [6.45, 7) is 13.8. The number of halogens is 1. The lowest BCUT2D eigenvalue weighted by atomic mass is 10.1. The molecule has 19 heavy (non-hydrogen) atoms. The van der Waals surface area contributed by atoms with Gasteiger partial charge >= 0.3 is 0 Å². The highest BCUT2D eigenvalue weighted by Crippen LogP contribution is 2.28. The van der Waals surface area contributed by atoms with Gasteiger partial charge in [-0.2, -0.15) is 0 Å². The van der Waals surface area contributed by atoms with Crippen LogP contribution in [0, 0.1) is 6.92 Å². The van der Waals surface area contributed by atoms with Crippen LogP contribution in [0.15, 0.2) is 29.3 Å². The highest BCUT2D eigenvalue weighted by atomic mass is 79.9. The van der Waals surface area contributed by atoms with E-state index in [1.54, 1.807) is 0 Å². The zero-order chi connectivity index (χ0) is 14.5. The fourth-order valence-electron chi connectivity index (χ4n) is 1.74. The van der Waals surface area contributed by atoms with Gasteiger partial charge in [0.15, 0.2) is 0 Å². The molecule has 3 heteroatoms. The molecule has 0 bridgehead atoms. The highest BCUT2D eigenvalue weighted by molar-refractivity contribution is 9.10. The third kappa shape index (κ3) is 5.79. The summed E-state index contributed by atoms with van der Waals surface area (Å²) in [6, 6.07) is 4.21. The smallest absolute Gasteiger partial charge is 0.126 e. The number of nitrogens with one attached hydrogen (secondary N) is 1. The molecule has 0 saturated heterocycles. The lowest BCUT2D eigenvalue weighted by molar-refractivity contribution is 0.316. The molecule has 0 unspecified atom stereocenters. The highest BCUT2D eigenvalue weighted by Gasteiger charge is 2.13. The van der Waals surface area contributed by atoms with Gasteiger partial charge in [-0.1, -0.05) is 22.0 Å². The Balaban J connectivity index is 2.89. The fourth-order valence-corrected chi connectivity index (χ4v) is 2.36. The summed E-state index contributed by atoms with van der Waals surface area (Å²) in [7, 11) is 0. The van der Waals surface area contributed by atoms with Crippen LogP contribution in [0.2, 0.25) is 0 Å². The zero-order valence-corrected chi connectivity index (χ0v) is 13.9. The molecule has 0 saturated carbocycles. The molecule has 0 spiro atoms. The Morgan fingerprint density at radius 3 is 2.63 bits per heavy atom. The van der Waals surface area contributed by atoms with Gasteiger partial charge in [0.05, 0.1) is 6.61 Å². The van der Waals surface area contributed by atoms with Gasteiger partial charge in [-0.25, -0.2) is 0 Å². The van der Waals surface area contributed by atoms with Crippen LogP contribution in [0.1, 0.15) is 38.3 Å². The van der Waals surface area contributed by atoms with E-state index in [1.165, 1.54) is 5.56 Å². The van der Waals surface area contributed by atoms with Crippen molar-refractivity contribution < 1.29 is 4.74 Å². The second-order valence-electron chi connectivity index (χ2n) is 5.74. The molecule has 0 amide bonds. The van der Waals surface area contributed by atoms with Crippen molar-refractivity contribution in [2.75, 3.05) is 6.61 Å². The first-order valence-electron chi connectivity index (χ1n) is 6.61. The Hall–Kier alpha value is -0.800. The van der Waals surface area contributed by atoms with Crippen molar-refractivity contribution in [3.63, 3.8) is 0 Å². The second kappa shape index (κ2) is 7.11. The molecule has 1 aromatic carbocycles. The van der Waals surface area contributed by atoms with E-state index in [-0.39, 0.29) is 5.54 Å². The van der Waals surface area contributed by atoms with Gasteiger partial charge in [-0.05, 0) is 51.8 Å². The molecule has 0 heterocycles. The van der Waals surface area contributed by atoms with E-state index in [0.29, 0.717) is 6.61 Å². The van der Waals surface area contributed by atoms with Crippen LogP contribution >= 0.6 is 15.9 Å². The number of hydrogen-bond donors (Lipinski definition) is 1. The average Bonchev–Trinajstić information content (AvgIpc) is 2.28. The first-order chi connectivity index (χ1) is 8.83. The first kappa shape index (κ1) is 16.3. The summed E-state index contributed by atoms with van der Waals surface area (Å²) in [6.07, 6.45) is 2.74. The summed E-state index contributed by atoms with van der Waals surface area (Å²) >= 11 is 3.55. The number of ether oxygens (including phenoxy) is 1. The minimum atomic E-state index is 0.0919. The molecule has 1 N–H and O–H groups in total. The molecule has 2 nitrogen and oxygen atoms in total. The normalized spacial score (nSPS) is 11.4. The van der Waals surface area contributed by atoms with Crippen LogP contribution in [-0.2, 0) is 6.54 Å². The van der Waals surface area contributed by atoms with Gasteiger partial charge in [0.25, 0.3) is 0 Å². The maximum absolute atomic E-state index is 5.90. The lowest BCUT2D eigenvalue weighted by Crippen LogP contribution is -2.35. The lowest BCUT2D eigenvalue weighted by Gasteiger charge is -2.22. The SMILES string of the molecule is C=CCCOc1c(C)cc(Br)cc1CNC(C)(C)C. The minimum absolute atomic E-state index is 0.0919. The van der Waals surface area contributed by atoms with Crippen molar-refractivity contribution >= 4 is 15.9 Å². The third-order valence-corrected chi connectivity index (χ3v) is 3.15. The Bertz CT molecular complexity index is 435. The summed E-state index contributed by atoms with van der Waals surface area (Å²) in [4.78, 5) is 0. The molecule has 0 atom stereocenters. The molecular weight excluding hydrogens is 302 g/mol. The van der Waals surface area contributed by atoms with Crippen LogP contribution < -0.4 is 10.1 Å². The predicted molar refractivity (Wildman–Crippen MR) is 85.8 cm³/mol. The topological polar surface area (TPSA) is 21.3 Å². The number of rotatable bonds is 6. The molecule has 0 aliphatic carbocycles. The Kier molecular flexibility index (Phi) is 6.08. The maximum Gasteiger partial charge on any atom is 0.126 e. The van der Waals surface area contributed by atoms with Gasteiger partial charge in [-0.3, -0.25) is 0 Å². The maximum atomic E-state index is 5.90. The van der Waals surface area contributed by atoms with Crippen molar-refractivity contribution in [3.05, 3.63) is 40.4 Å². The van der Waals surface area contributed by atoms with Crippen LogP contribution in [-0.4, -0.2) is 12.1 Å². The zero-order valence-electron chi connectivity index (χ0n) is 12.3. The van der Waals surface area contributed by atoms with Crippen LogP contribution in [0.4, 0.5) is 0 Å². The van der Waals surface area contributed by atoms with Gasteiger partial charge in [0, 0.05) is 22.1 Å². The number of benzene rings is 1. The van der Waals surface area contributed by atoms with E-state index in [9.17, 15) is 0 Å². The van der Waals surface area contributed by atoms with Gasteiger partial charge < -0.3 is 10.1 Å². The molecule has 106 valence electrons. The van der Waals surface area contributed by atoms with E-state index in [0.717, 1.165) is 28.8 Å². The first-order valence-corrected chi connectivity index (χ1v) is 7.40. The molecule has 0 radical (unpaired) electrons. The molecular formula is C16H24BrNO. The standard InChI is InChI=1S/C16H24BrNO/c1-6-7-8-19-15-12(2)9-14(17)10-13(15)11-18-16(3,4)5/h6,9-10,18H,1,7-8,11H2,2-5H3. The summed E-state index contributed by atoms with van der Waals surface area (Å²) in [5.74, 6) is 0.988. The average molecular weight is 326 g/mol. The van der Waals surface area contributed by atoms with E-state index in [1.807, 2.05) is 6.08 Å². The van der Waals surface area contributed by atoms with Crippen LogP contribution in [0.25, 0.3) is 0 Å². The predicted octanol–water partition coefficient (Wildman–Crippen LogP) is 4.60. The van der Waals surface area contributed by atoms with Crippen molar-refractivity contribution in [2.24, 2.45) is 0 Å². The number of hydrogen-bond acceptors (Lipinski definition) is 2. The fraction of sp³-hybridized carbons (Fsp3) is 0.500.